The van der Waals surface area contributed by atoms with Crippen LogP contribution in [-0.2, 0) is 9.53 Å². The van der Waals surface area contributed by atoms with Crippen molar-refractivity contribution in [2.45, 2.75) is 13.8 Å². The fourth-order valence-corrected chi connectivity index (χ4v) is 2.46. The first-order valence-electron chi connectivity index (χ1n) is 7.96. The smallest absolute Gasteiger partial charge is 0.338 e. The van der Waals surface area contributed by atoms with Crippen LogP contribution in [0.25, 0.3) is 0 Å². The molecule has 0 saturated heterocycles. The molecule has 1 amide bonds. The third-order valence-corrected chi connectivity index (χ3v) is 3.72. The molecule has 0 fully saturated rings. The molecule has 0 heterocycles. The summed E-state index contributed by atoms with van der Waals surface area (Å²) in [6, 6.07) is 8.64. The maximum Gasteiger partial charge on any atom is 0.338 e. The molecule has 0 saturated carbocycles. The summed E-state index contributed by atoms with van der Waals surface area (Å²) in [6.07, 6.45) is 0. The lowest BCUT2D eigenvalue weighted by Gasteiger charge is -2.10. The molecule has 0 radical (unpaired) electrons. The topological polar surface area (TPSA) is 108 Å². The number of halogens is 1. The van der Waals surface area contributed by atoms with Gasteiger partial charge in [-0.3, -0.25) is 14.9 Å². The molecule has 142 valence electrons. The average Bonchev–Trinajstić information content (AvgIpc) is 2.62. The van der Waals surface area contributed by atoms with Crippen molar-refractivity contribution in [3.05, 3.63) is 62.7 Å². The molecule has 0 spiro atoms. The summed E-state index contributed by atoms with van der Waals surface area (Å²) in [7, 11) is 0. The molecule has 2 rings (SSSR count). The number of aryl methyl sites for hydroxylation is 1. The fraction of sp³-hybridized carbons (Fsp3) is 0.222. The second-order valence-corrected chi connectivity index (χ2v) is 5.89. The molecule has 0 atom stereocenters. The Morgan fingerprint density at radius 2 is 1.96 bits per heavy atom. The molecule has 0 aliphatic carbocycles. The molecule has 9 heteroatoms. The first kappa shape index (κ1) is 20.2. The van der Waals surface area contributed by atoms with Gasteiger partial charge in [-0.25, -0.2) is 4.79 Å². The number of hydrogen-bond donors (Lipinski definition) is 1. The zero-order valence-electron chi connectivity index (χ0n) is 14.7. The number of nitro groups is 1. The number of benzene rings is 2. The molecule has 1 N–H and O–H groups in total. The summed E-state index contributed by atoms with van der Waals surface area (Å²) in [5.74, 6) is -1.35. The van der Waals surface area contributed by atoms with Crippen molar-refractivity contribution in [1.82, 2.24) is 0 Å². The highest BCUT2D eigenvalue weighted by atomic mass is 35.5. The predicted molar refractivity (Wildman–Crippen MR) is 99.4 cm³/mol. The number of anilines is 1. The van der Waals surface area contributed by atoms with Crippen molar-refractivity contribution in [2.24, 2.45) is 0 Å². The third-order valence-electron chi connectivity index (χ3n) is 3.49. The van der Waals surface area contributed by atoms with Gasteiger partial charge >= 0.3 is 11.7 Å². The number of carbonyl (C=O) groups excluding carboxylic acids is 2. The van der Waals surface area contributed by atoms with Crippen LogP contribution in [-0.4, -0.2) is 30.0 Å². The van der Waals surface area contributed by atoms with Crippen LogP contribution in [0.1, 0.15) is 22.8 Å². The zero-order chi connectivity index (χ0) is 20.0. The summed E-state index contributed by atoms with van der Waals surface area (Å²) in [4.78, 5) is 34.5. The van der Waals surface area contributed by atoms with Crippen LogP contribution in [0.5, 0.6) is 5.75 Å². The largest absolute Gasteiger partial charge is 0.487 e. The van der Waals surface area contributed by atoms with Gasteiger partial charge in [0, 0.05) is 16.8 Å². The van der Waals surface area contributed by atoms with Crippen LogP contribution in [0, 0.1) is 17.0 Å². The maximum atomic E-state index is 12.1. The highest BCUT2D eigenvalue weighted by Crippen LogP contribution is 2.28. The predicted octanol–water partition coefficient (Wildman–Crippen LogP) is 3.75. The van der Waals surface area contributed by atoms with E-state index in [-0.39, 0.29) is 23.6 Å². The van der Waals surface area contributed by atoms with Crippen LogP contribution in [0.2, 0.25) is 5.02 Å². The van der Waals surface area contributed by atoms with Gasteiger partial charge in [-0.2, -0.15) is 0 Å². The Labute approximate surface area is 160 Å². The Morgan fingerprint density at radius 1 is 1.22 bits per heavy atom. The summed E-state index contributed by atoms with van der Waals surface area (Å²) in [5.41, 5.74) is 0.884. The minimum Gasteiger partial charge on any atom is -0.487 e. The second-order valence-electron chi connectivity index (χ2n) is 5.46. The number of nitrogens with one attached hydrogen (secondary N) is 1. The zero-order valence-corrected chi connectivity index (χ0v) is 15.4. The SMILES string of the molecule is CCOc1ccc(C(=O)OCC(=O)Nc2ccc(Cl)cc2C)cc1[N+](=O)[O-]. The summed E-state index contributed by atoms with van der Waals surface area (Å²) in [6.45, 7) is 3.16. The van der Waals surface area contributed by atoms with Gasteiger partial charge in [0.2, 0.25) is 0 Å². The van der Waals surface area contributed by atoms with E-state index in [1.54, 1.807) is 32.0 Å². The Hall–Kier alpha value is -3.13. The van der Waals surface area contributed by atoms with Gasteiger partial charge in [-0.15, -0.1) is 0 Å². The number of carbonyl (C=O) groups is 2. The van der Waals surface area contributed by atoms with E-state index in [4.69, 9.17) is 21.1 Å². The Kier molecular flexibility index (Phi) is 6.73. The van der Waals surface area contributed by atoms with E-state index >= 15 is 0 Å². The van der Waals surface area contributed by atoms with Gasteiger partial charge in [0.25, 0.3) is 5.91 Å². The lowest BCUT2D eigenvalue weighted by molar-refractivity contribution is -0.385. The minimum absolute atomic E-state index is 0.0509. The van der Waals surface area contributed by atoms with Crippen LogP contribution in [0.4, 0.5) is 11.4 Å². The van der Waals surface area contributed by atoms with Crippen molar-refractivity contribution >= 4 is 34.9 Å². The molecular weight excluding hydrogens is 376 g/mol. The summed E-state index contributed by atoms with van der Waals surface area (Å²) in [5, 5.41) is 14.2. The van der Waals surface area contributed by atoms with Crippen LogP contribution in [0.15, 0.2) is 36.4 Å². The summed E-state index contributed by atoms with van der Waals surface area (Å²) >= 11 is 5.85. The van der Waals surface area contributed by atoms with Gasteiger partial charge in [0.1, 0.15) is 0 Å². The monoisotopic (exact) mass is 392 g/mol. The third kappa shape index (κ3) is 5.42. The Balaban J connectivity index is 2.01. The number of rotatable bonds is 7. The van der Waals surface area contributed by atoms with E-state index in [1.165, 1.54) is 12.1 Å². The second kappa shape index (κ2) is 9.00. The highest BCUT2D eigenvalue weighted by molar-refractivity contribution is 6.30. The number of hydrogen-bond acceptors (Lipinski definition) is 6. The fourth-order valence-electron chi connectivity index (χ4n) is 2.23. The first-order valence-corrected chi connectivity index (χ1v) is 8.34. The average molecular weight is 393 g/mol. The van der Waals surface area contributed by atoms with Crippen molar-refractivity contribution in [1.29, 1.82) is 0 Å². The molecule has 0 aliphatic rings. The summed E-state index contributed by atoms with van der Waals surface area (Å²) < 4.78 is 10.1. The van der Waals surface area contributed by atoms with Gasteiger partial charge < -0.3 is 14.8 Å². The van der Waals surface area contributed by atoms with Gasteiger partial charge in [-0.1, -0.05) is 11.6 Å². The van der Waals surface area contributed by atoms with E-state index in [9.17, 15) is 19.7 Å². The number of nitro benzene ring substituents is 1. The van der Waals surface area contributed by atoms with Crippen molar-refractivity contribution in [3.8, 4) is 5.75 Å². The number of amides is 1. The van der Waals surface area contributed by atoms with Gasteiger partial charge in [0.15, 0.2) is 12.4 Å². The van der Waals surface area contributed by atoms with Crippen molar-refractivity contribution in [2.75, 3.05) is 18.5 Å². The molecule has 0 unspecified atom stereocenters. The molecular formula is C18H17ClN2O6. The normalized spacial score (nSPS) is 10.2. The molecule has 27 heavy (non-hydrogen) atoms. The highest BCUT2D eigenvalue weighted by Gasteiger charge is 2.20. The Morgan fingerprint density at radius 3 is 2.59 bits per heavy atom. The van der Waals surface area contributed by atoms with Gasteiger partial charge in [0.05, 0.1) is 17.1 Å². The van der Waals surface area contributed by atoms with Crippen LogP contribution >= 0.6 is 11.6 Å². The van der Waals surface area contributed by atoms with E-state index in [1.807, 2.05) is 0 Å². The minimum atomic E-state index is -0.857. The lowest BCUT2D eigenvalue weighted by Crippen LogP contribution is -2.21. The van der Waals surface area contributed by atoms with E-state index in [0.29, 0.717) is 10.7 Å². The van der Waals surface area contributed by atoms with E-state index < -0.39 is 23.4 Å². The molecule has 8 nitrogen and oxygen atoms in total. The first-order chi connectivity index (χ1) is 12.8. The number of esters is 1. The lowest BCUT2D eigenvalue weighted by atomic mass is 10.2. The van der Waals surface area contributed by atoms with Crippen LogP contribution in [0.3, 0.4) is 0 Å². The maximum absolute atomic E-state index is 12.1. The molecule has 2 aromatic rings. The molecule has 2 aromatic carbocycles. The van der Waals surface area contributed by atoms with Crippen LogP contribution < -0.4 is 10.1 Å². The number of nitrogens with zero attached hydrogens (tertiary/aromatic N) is 1. The van der Waals surface area contributed by atoms with Gasteiger partial charge in [-0.05, 0) is 49.7 Å². The quantitative estimate of drug-likeness (QED) is 0.436. The van der Waals surface area contributed by atoms with Crippen molar-refractivity contribution < 1.29 is 24.0 Å². The molecule has 0 aromatic heterocycles. The number of ether oxygens (including phenoxy) is 2. The Bertz CT molecular complexity index is 884. The molecule has 0 aliphatic heterocycles. The standard InChI is InChI=1S/C18H17ClN2O6/c1-3-26-16-7-4-12(9-15(16)21(24)25)18(23)27-10-17(22)20-14-6-5-13(19)8-11(14)2/h4-9H,3,10H2,1-2H3,(H,20,22). The van der Waals surface area contributed by atoms with Crippen molar-refractivity contribution in [3.63, 3.8) is 0 Å². The molecule has 0 bridgehead atoms. The van der Waals surface area contributed by atoms with E-state index in [0.717, 1.165) is 11.6 Å². The van der Waals surface area contributed by atoms with E-state index in [2.05, 4.69) is 5.32 Å².